The Labute approximate surface area is 111 Å². The lowest BCUT2D eigenvalue weighted by Crippen LogP contribution is -2.41. The highest BCUT2D eigenvalue weighted by molar-refractivity contribution is 9.10. The van der Waals surface area contributed by atoms with Crippen molar-refractivity contribution in [2.75, 3.05) is 33.7 Å². The van der Waals surface area contributed by atoms with Gasteiger partial charge in [0.05, 0.1) is 0 Å². The van der Waals surface area contributed by atoms with Gasteiger partial charge >= 0.3 is 0 Å². The Balaban J connectivity index is 2.13. The molecule has 0 bridgehead atoms. The van der Waals surface area contributed by atoms with E-state index in [4.69, 9.17) is 0 Å². The van der Waals surface area contributed by atoms with Crippen LogP contribution < -0.4 is 0 Å². The van der Waals surface area contributed by atoms with Crippen LogP contribution in [-0.2, 0) is 6.42 Å². The Morgan fingerprint density at radius 1 is 1.41 bits per heavy atom. The number of halogens is 1. The molecule has 0 saturated carbocycles. The number of hydrogen-bond donors (Lipinski definition) is 0. The quantitative estimate of drug-likeness (QED) is 0.852. The standard InChI is InChI=1S/C13H17BrN2O/c1-15(2)7-8-16-6-5-10-9-11(14)3-4-12(10)13(16)17/h3-4,9H,5-8H2,1-2H3. The minimum absolute atomic E-state index is 0.167. The van der Waals surface area contributed by atoms with Gasteiger partial charge in [-0.05, 0) is 44.3 Å². The molecule has 2 rings (SSSR count). The van der Waals surface area contributed by atoms with Crippen molar-refractivity contribution in [3.63, 3.8) is 0 Å². The van der Waals surface area contributed by atoms with E-state index < -0.39 is 0 Å². The lowest BCUT2D eigenvalue weighted by molar-refractivity contribution is 0.0729. The molecular formula is C13H17BrN2O. The average molecular weight is 297 g/mol. The van der Waals surface area contributed by atoms with E-state index in [2.05, 4.69) is 26.9 Å². The number of carbonyl (C=O) groups excluding carboxylic acids is 1. The molecular weight excluding hydrogens is 280 g/mol. The van der Waals surface area contributed by atoms with Gasteiger partial charge in [-0.1, -0.05) is 15.9 Å². The van der Waals surface area contributed by atoms with Crippen LogP contribution in [0.25, 0.3) is 0 Å². The van der Waals surface area contributed by atoms with Crippen LogP contribution in [0, 0.1) is 0 Å². The second-order valence-corrected chi connectivity index (χ2v) is 5.56. The van der Waals surface area contributed by atoms with Crippen molar-refractivity contribution in [2.45, 2.75) is 6.42 Å². The highest BCUT2D eigenvalue weighted by atomic mass is 79.9. The monoisotopic (exact) mass is 296 g/mol. The van der Waals surface area contributed by atoms with Gasteiger partial charge in [-0.2, -0.15) is 0 Å². The van der Waals surface area contributed by atoms with Gasteiger partial charge in [-0.3, -0.25) is 4.79 Å². The van der Waals surface area contributed by atoms with Crippen LogP contribution >= 0.6 is 15.9 Å². The van der Waals surface area contributed by atoms with E-state index in [0.29, 0.717) is 0 Å². The molecule has 0 aliphatic carbocycles. The minimum Gasteiger partial charge on any atom is -0.337 e. The first-order valence-corrected chi connectivity index (χ1v) is 6.59. The van der Waals surface area contributed by atoms with Crippen LogP contribution in [0.15, 0.2) is 22.7 Å². The molecule has 0 unspecified atom stereocenters. The molecule has 1 aromatic carbocycles. The van der Waals surface area contributed by atoms with Crippen molar-refractivity contribution < 1.29 is 4.79 Å². The highest BCUT2D eigenvalue weighted by Crippen LogP contribution is 2.22. The van der Waals surface area contributed by atoms with Crippen LogP contribution in [-0.4, -0.2) is 49.4 Å². The van der Waals surface area contributed by atoms with E-state index in [0.717, 1.165) is 41.7 Å². The van der Waals surface area contributed by atoms with Gasteiger partial charge in [0.25, 0.3) is 5.91 Å². The maximum absolute atomic E-state index is 12.2. The first-order valence-electron chi connectivity index (χ1n) is 5.80. The largest absolute Gasteiger partial charge is 0.337 e. The molecule has 17 heavy (non-hydrogen) atoms. The summed E-state index contributed by atoms with van der Waals surface area (Å²) in [6, 6.07) is 5.91. The molecule has 1 amide bonds. The van der Waals surface area contributed by atoms with Crippen molar-refractivity contribution in [3.8, 4) is 0 Å². The molecule has 1 aliphatic heterocycles. The number of amides is 1. The van der Waals surface area contributed by atoms with Gasteiger partial charge in [0, 0.05) is 29.7 Å². The number of fused-ring (bicyclic) bond motifs is 1. The molecule has 0 saturated heterocycles. The normalized spacial score (nSPS) is 15.3. The number of carbonyl (C=O) groups is 1. The first kappa shape index (κ1) is 12.6. The molecule has 92 valence electrons. The predicted octanol–water partition coefficient (Wildman–Crippen LogP) is 2.01. The fourth-order valence-electron chi connectivity index (χ4n) is 2.04. The molecule has 0 radical (unpaired) electrons. The topological polar surface area (TPSA) is 23.6 Å². The zero-order valence-corrected chi connectivity index (χ0v) is 11.8. The third-order valence-electron chi connectivity index (χ3n) is 3.05. The van der Waals surface area contributed by atoms with Crippen molar-refractivity contribution in [2.24, 2.45) is 0 Å². The molecule has 0 spiro atoms. The van der Waals surface area contributed by atoms with E-state index in [9.17, 15) is 4.79 Å². The van der Waals surface area contributed by atoms with E-state index >= 15 is 0 Å². The summed E-state index contributed by atoms with van der Waals surface area (Å²) in [6.07, 6.45) is 0.952. The van der Waals surface area contributed by atoms with Crippen LogP contribution in [0.5, 0.6) is 0 Å². The second kappa shape index (κ2) is 5.19. The van der Waals surface area contributed by atoms with Crippen LogP contribution in [0.4, 0.5) is 0 Å². The summed E-state index contributed by atoms with van der Waals surface area (Å²) < 4.78 is 1.05. The van der Waals surface area contributed by atoms with Crippen LogP contribution in [0.1, 0.15) is 15.9 Å². The van der Waals surface area contributed by atoms with Gasteiger partial charge in [0.2, 0.25) is 0 Å². The zero-order valence-electron chi connectivity index (χ0n) is 10.2. The summed E-state index contributed by atoms with van der Waals surface area (Å²) in [5.41, 5.74) is 2.02. The Kier molecular flexibility index (Phi) is 3.84. The van der Waals surface area contributed by atoms with Crippen molar-refractivity contribution in [3.05, 3.63) is 33.8 Å². The lowest BCUT2D eigenvalue weighted by Gasteiger charge is -2.29. The molecule has 0 aromatic heterocycles. The minimum atomic E-state index is 0.167. The number of nitrogens with zero attached hydrogens (tertiary/aromatic N) is 2. The fraction of sp³-hybridized carbons (Fsp3) is 0.462. The van der Waals surface area contributed by atoms with Crippen molar-refractivity contribution >= 4 is 21.8 Å². The molecule has 1 aromatic rings. The summed E-state index contributed by atoms with van der Waals surface area (Å²) >= 11 is 3.44. The molecule has 0 N–H and O–H groups in total. The summed E-state index contributed by atoms with van der Waals surface area (Å²) in [5, 5.41) is 0. The third-order valence-corrected chi connectivity index (χ3v) is 3.55. The maximum atomic E-state index is 12.2. The Bertz CT molecular complexity index is 431. The van der Waals surface area contributed by atoms with E-state index in [-0.39, 0.29) is 5.91 Å². The van der Waals surface area contributed by atoms with Crippen molar-refractivity contribution in [1.82, 2.24) is 9.80 Å². The third kappa shape index (κ3) is 2.87. The Hall–Kier alpha value is -0.870. The van der Waals surface area contributed by atoms with E-state index in [1.54, 1.807) is 0 Å². The Morgan fingerprint density at radius 3 is 2.88 bits per heavy atom. The van der Waals surface area contributed by atoms with Gasteiger partial charge in [0.15, 0.2) is 0 Å². The zero-order chi connectivity index (χ0) is 12.4. The fourth-order valence-corrected chi connectivity index (χ4v) is 2.45. The summed E-state index contributed by atoms with van der Waals surface area (Å²) in [5.74, 6) is 0.167. The van der Waals surface area contributed by atoms with E-state index in [1.165, 1.54) is 0 Å². The number of likely N-dealkylation sites (N-methyl/N-ethyl adjacent to an activating group) is 1. The summed E-state index contributed by atoms with van der Waals surface area (Å²) in [7, 11) is 4.05. The molecule has 1 aliphatic rings. The SMILES string of the molecule is CN(C)CCN1CCc2cc(Br)ccc2C1=O. The van der Waals surface area contributed by atoms with Crippen molar-refractivity contribution in [1.29, 1.82) is 0 Å². The molecule has 0 atom stereocenters. The average Bonchev–Trinajstić information content (AvgIpc) is 2.27. The van der Waals surface area contributed by atoms with Crippen LogP contribution in [0.2, 0.25) is 0 Å². The maximum Gasteiger partial charge on any atom is 0.254 e. The summed E-state index contributed by atoms with van der Waals surface area (Å²) in [6.45, 7) is 2.55. The molecule has 3 nitrogen and oxygen atoms in total. The van der Waals surface area contributed by atoms with Crippen LogP contribution in [0.3, 0.4) is 0 Å². The smallest absolute Gasteiger partial charge is 0.254 e. The van der Waals surface area contributed by atoms with Gasteiger partial charge in [-0.15, -0.1) is 0 Å². The first-order chi connectivity index (χ1) is 8.08. The number of hydrogen-bond acceptors (Lipinski definition) is 2. The molecule has 4 heteroatoms. The molecule has 1 heterocycles. The van der Waals surface area contributed by atoms with Gasteiger partial charge in [0.1, 0.15) is 0 Å². The van der Waals surface area contributed by atoms with Gasteiger partial charge < -0.3 is 9.80 Å². The molecule has 0 fully saturated rings. The highest BCUT2D eigenvalue weighted by Gasteiger charge is 2.23. The van der Waals surface area contributed by atoms with E-state index in [1.807, 2.05) is 31.1 Å². The summed E-state index contributed by atoms with van der Waals surface area (Å²) in [4.78, 5) is 16.3. The van der Waals surface area contributed by atoms with Gasteiger partial charge in [-0.25, -0.2) is 0 Å². The predicted molar refractivity (Wildman–Crippen MR) is 72.3 cm³/mol. The second-order valence-electron chi connectivity index (χ2n) is 4.65. The number of benzene rings is 1. The Morgan fingerprint density at radius 2 is 2.18 bits per heavy atom. The number of rotatable bonds is 3. The lowest BCUT2D eigenvalue weighted by atomic mass is 9.99.